The summed E-state index contributed by atoms with van der Waals surface area (Å²) in [5.74, 6) is -0.321. The molecule has 0 N–H and O–H groups in total. The molecule has 1 aliphatic rings. The van der Waals surface area contributed by atoms with Gasteiger partial charge in [0.15, 0.2) is 0 Å². The molecule has 0 saturated heterocycles. The van der Waals surface area contributed by atoms with Gasteiger partial charge in [0, 0.05) is 5.56 Å². The lowest BCUT2D eigenvalue weighted by Crippen LogP contribution is -2.16. The standard InChI is InChI=1S/C14H17FO2/c15-13-7-6-11(9-16)12(8-13)10-17-14-4-2-1-3-5-14/h6-9,14H,1-5,10H2. The fraction of sp³-hybridized carbons (Fsp3) is 0.500. The smallest absolute Gasteiger partial charge is 0.150 e. The van der Waals surface area contributed by atoms with Crippen molar-refractivity contribution >= 4 is 6.29 Å². The molecule has 1 aromatic carbocycles. The lowest BCUT2D eigenvalue weighted by Gasteiger charge is -2.22. The van der Waals surface area contributed by atoms with Gasteiger partial charge in [-0.05, 0) is 36.6 Å². The van der Waals surface area contributed by atoms with Gasteiger partial charge in [0.25, 0.3) is 0 Å². The number of carbonyl (C=O) groups is 1. The molecule has 0 radical (unpaired) electrons. The molecule has 1 fully saturated rings. The predicted molar refractivity (Wildman–Crippen MR) is 63.4 cm³/mol. The van der Waals surface area contributed by atoms with Crippen LogP contribution in [0, 0.1) is 5.82 Å². The molecule has 2 rings (SSSR count). The summed E-state index contributed by atoms with van der Waals surface area (Å²) in [6, 6.07) is 4.18. The Kier molecular flexibility index (Phi) is 4.26. The van der Waals surface area contributed by atoms with Crippen LogP contribution >= 0.6 is 0 Å². The van der Waals surface area contributed by atoms with E-state index in [1.807, 2.05) is 0 Å². The van der Waals surface area contributed by atoms with Gasteiger partial charge >= 0.3 is 0 Å². The van der Waals surface area contributed by atoms with Crippen LogP contribution in [0.25, 0.3) is 0 Å². The minimum absolute atomic E-state index is 0.270. The zero-order valence-electron chi connectivity index (χ0n) is 9.82. The number of aldehydes is 1. The third-order valence-electron chi connectivity index (χ3n) is 3.26. The van der Waals surface area contributed by atoms with E-state index >= 15 is 0 Å². The molecule has 1 aliphatic carbocycles. The first-order chi connectivity index (χ1) is 8.29. The third kappa shape index (κ3) is 3.37. The molecule has 1 aromatic rings. The Hall–Kier alpha value is -1.22. The predicted octanol–water partition coefficient (Wildman–Crippen LogP) is 3.49. The highest BCUT2D eigenvalue weighted by atomic mass is 19.1. The number of hydrogen-bond donors (Lipinski definition) is 0. The van der Waals surface area contributed by atoms with E-state index in [1.165, 1.54) is 37.5 Å². The van der Waals surface area contributed by atoms with Gasteiger partial charge in [-0.2, -0.15) is 0 Å². The molecule has 0 bridgehead atoms. The van der Waals surface area contributed by atoms with Gasteiger partial charge in [0.1, 0.15) is 12.1 Å². The Balaban J connectivity index is 1.97. The van der Waals surface area contributed by atoms with Crippen LogP contribution in [0.2, 0.25) is 0 Å². The summed E-state index contributed by atoms with van der Waals surface area (Å²) in [7, 11) is 0. The average molecular weight is 236 g/mol. The third-order valence-corrected chi connectivity index (χ3v) is 3.26. The van der Waals surface area contributed by atoms with E-state index in [0.29, 0.717) is 17.7 Å². The first-order valence-electron chi connectivity index (χ1n) is 6.15. The second-order valence-electron chi connectivity index (χ2n) is 4.53. The molecule has 1 saturated carbocycles. The summed E-state index contributed by atoms with van der Waals surface area (Å²) >= 11 is 0. The minimum atomic E-state index is -0.321. The minimum Gasteiger partial charge on any atom is -0.374 e. The van der Waals surface area contributed by atoms with Crippen LogP contribution in [0.15, 0.2) is 18.2 Å². The summed E-state index contributed by atoms with van der Waals surface area (Å²) in [4.78, 5) is 10.8. The molecule has 17 heavy (non-hydrogen) atoms. The summed E-state index contributed by atoms with van der Waals surface area (Å²) in [5.41, 5.74) is 1.16. The molecule has 0 unspecified atom stereocenters. The Morgan fingerprint density at radius 1 is 1.29 bits per heavy atom. The molecule has 2 nitrogen and oxygen atoms in total. The topological polar surface area (TPSA) is 26.3 Å². The molecule has 3 heteroatoms. The van der Waals surface area contributed by atoms with Gasteiger partial charge in [0.05, 0.1) is 12.7 Å². The van der Waals surface area contributed by atoms with Crippen molar-refractivity contribution in [2.24, 2.45) is 0 Å². The van der Waals surface area contributed by atoms with Crippen molar-refractivity contribution in [1.29, 1.82) is 0 Å². The Bertz CT molecular complexity index is 384. The van der Waals surface area contributed by atoms with Crippen molar-refractivity contribution in [3.8, 4) is 0 Å². The zero-order valence-corrected chi connectivity index (χ0v) is 9.82. The number of benzene rings is 1. The first-order valence-corrected chi connectivity index (χ1v) is 6.15. The van der Waals surface area contributed by atoms with Crippen LogP contribution in [0.1, 0.15) is 48.0 Å². The van der Waals surface area contributed by atoms with Crippen LogP contribution < -0.4 is 0 Å². The van der Waals surface area contributed by atoms with E-state index in [1.54, 1.807) is 0 Å². The van der Waals surface area contributed by atoms with Crippen molar-refractivity contribution < 1.29 is 13.9 Å². The Labute approximate surface area is 101 Å². The average Bonchev–Trinajstić information content (AvgIpc) is 2.38. The van der Waals surface area contributed by atoms with Gasteiger partial charge in [-0.15, -0.1) is 0 Å². The number of halogens is 1. The van der Waals surface area contributed by atoms with E-state index in [2.05, 4.69) is 0 Å². The van der Waals surface area contributed by atoms with Crippen LogP contribution in [0.5, 0.6) is 0 Å². The largest absolute Gasteiger partial charge is 0.374 e. The molecular formula is C14H17FO2. The normalized spacial score (nSPS) is 17.0. The Morgan fingerprint density at radius 3 is 2.76 bits per heavy atom. The maximum atomic E-state index is 13.1. The molecule has 0 aromatic heterocycles. The number of ether oxygens (including phenoxy) is 1. The van der Waals surface area contributed by atoms with Crippen molar-refractivity contribution in [1.82, 2.24) is 0 Å². The van der Waals surface area contributed by atoms with Crippen molar-refractivity contribution in [3.63, 3.8) is 0 Å². The number of hydrogen-bond acceptors (Lipinski definition) is 2. The lowest BCUT2D eigenvalue weighted by atomic mass is 9.98. The monoisotopic (exact) mass is 236 g/mol. The van der Waals surface area contributed by atoms with Gasteiger partial charge < -0.3 is 4.74 Å². The van der Waals surface area contributed by atoms with Gasteiger partial charge in [-0.1, -0.05) is 19.3 Å². The van der Waals surface area contributed by atoms with E-state index < -0.39 is 0 Å². The molecule has 0 aliphatic heterocycles. The van der Waals surface area contributed by atoms with Crippen LogP contribution in [0.3, 0.4) is 0 Å². The van der Waals surface area contributed by atoms with Crippen LogP contribution in [-0.2, 0) is 11.3 Å². The molecule has 0 spiro atoms. The molecule has 92 valence electrons. The van der Waals surface area contributed by atoms with Gasteiger partial charge in [-0.3, -0.25) is 4.79 Å². The number of carbonyl (C=O) groups excluding carboxylic acids is 1. The fourth-order valence-corrected chi connectivity index (χ4v) is 2.25. The molecule has 0 amide bonds. The van der Waals surface area contributed by atoms with Gasteiger partial charge in [-0.25, -0.2) is 4.39 Å². The van der Waals surface area contributed by atoms with Crippen molar-refractivity contribution in [3.05, 3.63) is 35.1 Å². The van der Waals surface area contributed by atoms with E-state index in [9.17, 15) is 9.18 Å². The SMILES string of the molecule is O=Cc1ccc(F)cc1COC1CCCCC1. The quantitative estimate of drug-likeness (QED) is 0.748. The highest BCUT2D eigenvalue weighted by Gasteiger charge is 2.14. The lowest BCUT2D eigenvalue weighted by molar-refractivity contribution is 0.0165. The molecule has 0 atom stereocenters. The highest BCUT2D eigenvalue weighted by Crippen LogP contribution is 2.22. The van der Waals surface area contributed by atoms with E-state index in [0.717, 1.165) is 19.1 Å². The maximum absolute atomic E-state index is 13.1. The summed E-state index contributed by atoms with van der Waals surface area (Å²) in [6.07, 6.45) is 6.85. The fourth-order valence-electron chi connectivity index (χ4n) is 2.25. The second kappa shape index (κ2) is 5.92. The van der Waals surface area contributed by atoms with Crippen molar-refractivity contribution in [2.75, 3.05) is 0 Å². The molecule has 0 heterocycles. The van der Waals surface area contributed by atoms with E-state index in [-0.39, 0.29) is 11.9 Å². The summed E-state index contributed by atoms with van der Waals surface area (Å²) in [5, 5.41) is 0. The first kappa shape index (κ1) is 12.2. The Morgan fingerprint density at radius 2 is 2.06 bits per heavy atom. The van der Waals surface area contributed by atoms with Crippen molar-refractivity contribution in [2.45, 2.75) is 44.8 Å². The van der Waals surface area contributed by atoms with Crippen LogP contribution in [0.4, 0.5) is 4.39 Å². The van der Waals surface area contributed by atoms with Crippen LogP contribution in [-0.4, -0.2) is 12.4 Å². The second-order valence-corrected chi connectivity index (χ2v) is 4.53. The van der Waals surface area contributed by atoms with Gasteiger partial charge in [0.2, 0.25) is 0 Å². The zero-order chi connectivity index (χ0) is 12.1. The maximum Gasteiger partial charge on any atom is 0.150 e. The highest BCUT2D eigenvalue weighted by molar-refractivity contribution is 5.77. The summed E-state index contributed by atoms with van der Waals surface area (Å²) < 4.78 is 18.8. The number of rotatable bonds is 4. The summed E-state index contributed by atoms with van der Waals surface area (Å²) in [6.45, 7) is 0.330. The molecular weight excluding hydrogens is 219 g/mol. The van der Waals surface area contributed by atoms with E-state index in [4.69, 9.17) is 4.74 Å².